The largest absolute Gasteiger partial charge is 0.505 e. The number of carbonyl (C=O) groups is 1. The molecule has 0 aliphatic rings. The third kappa shape index (κ3) is 2.60. The molecule has 0 saturated carbocycles. The van der Waals surface area contributed by atoms with Crippen molar-refractivity contribution in [1.29, 1.82) is 0 Å². The minimum atomic E-state index is -0.658. The van der Waals surface area contributed by atoms with Crippen LogP contribution in [-0.2, 0) is 4.74 Å². The average Bonchev–Trinajstić information content (AvgIpc) is 2.01. The summed E-state index contributed by atoms with van der Waals surface area (Å²) in [5.74, 6) is -0.933. The van der Waals surface area contributed by atoms with E-state index in [4.69, 9.17) is 16.3 Å². The molecule has 0 aromatic carbocycles. The second kappa shape index (κ2) is 4.28. The number of hydrogen-bond donors (Lipinski definition) is 1. The lowest BCUT2D eigenvalue weighted by Gasteiger charge is -2.07. The molecule has 0 unspecified atom stereocenters. The highest BCUT2D eigenvalue weighted by atomic mass is 35.5. The molecule has 0 bridgehead atoms. The molecular formula is C9H10ClNO3. The van der Waals surface area contributed by atoms with Crippen LogP contribution in [0.4, 0.5) is 0 Å². The highest BCUT2D eigenvalue weighted by Crippen LogP contribution is 2.20. The van der Waals surface area contributed by atoms with Gasteiger partial charge in [-0.25, -0.2) is 9.78 Å². The van der Waals surface area contributed by atoms with Crippen LogP contribution in [0.2, 0.25) is 5.02 Å². The number of hydrogen-bond acceptors (Lipinski definition) is 4. The quantitative estimate of drug-likeness (QED) is 0.767. The molecule has 0 fully saturated rings. The normalized spacial score (nSPS) is 10.3. The number of ether oxygens (including phenoxy) is 1. The first kappa shape index (κ1) is 10.8. The highest BCUT2D eigenvalue weighted by Gasteiger charge is 2.15. The molecule has 0 saturated heterocycles. The lowest BCUT2D eigenvalue weighted by molar-refractivity contribution is 0.0367. The molecular weight excluding hydrogens is 206 g/mol. The molecule has 14 heavy (non-hydrogen) atoms. The van der Waals surface area contributed by atoms with Crippen LogP contribution in [0.25, 0.3) is 0 Å². The van der Waals surface area contributed by atoms with E-state index in [0.717, 1.165) is 0 Å². The average molecular weight is 216 g/mol. The third-order valence-corrected chi connectivity index (χ3v) is 1.58. The first-order valence-corrected chi connectivity index (χ1v) is 4.44. The maximum absolute atomic E-state index is 11.3. The van der Waals surface area contributed by atoms with Crippen molar-refractivity contribution < 1.29 is 14.6 Å². The van der Waals surface area contributed by atoms with Gasteiger partial charge in [-0.3, -0.25) is 0 Å². The molecule has 1 heterocycles. The van der Waals surface area contributed by atoms with Gasteiger partial charge in [0.15, 0.2) is 5.69 Å². The van der Waals surface area contributed by atoms with Crippen LogP contribution in [0.5, 0.6) is 5.75 Å². The monoisotopic (exact) mass is 215 g/mol. The Morgan fingerprint density at radius 2 is 2.29 bits per heavy atom. The Kier molecular flexibility index (Phi) is 3.30. The lowest BCUT2D eigenvalue weighted by Crippen LogP contribution is -2.13. The van der Waals surface area contributed by atoms with Crippen molar-refractivity contribution in [2.24, 2.45) is 0 Å². The summed E-state index contributed by atoms with van der Waals surface area (Å²) in [6, 6.07) is 1.24. The fraction of sp³-hybridized carbons (Fsp3) is 0.333. The second-order valence-corrected chi connectivity index (χ2v) is 3.41. The van der Waals surface area contributed by atoms with Gasteiger partial charge in [-0.2, -0.15) is 0 Å². The molecule has 0 amide bonds. The van der Waals surface area contributed by atoms with Gasteiger partial charge in [0.1, 0.15) is 5.75 Å². The summed E-state index contributed by atoms with van der Waals surface area (Å²) >= 11 is 5.55. The van der Waals surface area contributed by atoms with Crippen molar-refractivity contribution in [2.75, 3.05) is 0 Å². The van der Waals surface area contributed by atoms with Crippen molar-refractivity contribution in [2.45, 2.75) is 20.0 Å². The van der Waals surface area contributed by atoms with E-state index < -0.39 is 5.97 Å². The molecule has 0 aliphatic heterocycles. The Hall–Kier alpha value is -1.29. The minimum absolute atomic E-state index is 0.122. The van der Waals surface area contributed by atoms with E-state index in [1.807, 2.05) is 0 Å². The summed E-state index contributed by atoms with van der Waals surface area (Å²) in [6.45, 7) is 3.43. The van der Waals surface area contributed by atoms with Crippen molar-refractivity contribution in [3.63, 3.8) is 0 Å². The van der Waals surface area contributed by atoms with Crippen molar-refractivity contribution in [3.05, 3.63) is 23.0 Å². The Bertz CT molecular complexity index is 352. The van der Waals surface area contributed by atoms with E-state index in [1.165, 1.54) is 12.3 Å². The Labute approximate surface area is 86.5 Å². The number of aromatic nitrogens is 1. The third-order valence-electron chi connectivity index (χ3n) is 1.37. The number of pyridine rings is 1. The van der Waals surface area contributed by atoms with Gasteiger partial charge in [0.25, 0.3) is 0 Å². The lowest BCUT2D eigenvalue weighted by atomic mass is 10.3. The first-order valence-electron chi connectivity index (χ1n) is 4.06. The smallest absolute Gasteiger partial charge is 0.361 e. The van der Waals surface area contributed by atoms with Crippen LogP contribution in [0.15, 0.2) is 12.3 Å². The standard InChI is InChI=1S/C9H10ClNO3/c1-5(2)14-9(13)8-7(12)3-6(10)4-11-8/h3-5,12H,1-2H3. The number of aromatic hydroxyl groups is 1. The number of halogens is 1. The molecule has 4 nitrogen and oxygen atoms in total. The van der Waals surface area contributed by atoms with Gasteiger partial charge >= 0.3 is 5.97 Å². The summed E-state index contributed by atoms with van der Waals surface area (Å²) in [5.41, 5.74) is -0.122. The zero-order valence-corrected chi connectivity index (χ0v) is 8.58. The Morgan fingerprint density at radius 3 is 2.79 bits per heavy atom. The van der Waals surface area contributed by atoms with Crippen LogP contribution in [-0.4, -0.2) is 22.2 Å². The summed E-state index contributed by atoms with van der Waals surface area (Å²) < 4.78 is 4.85. The minimum Gasteiger partial charge on any atom is -0.505 e. The van der Waals surface area contributed by atoms with Crippen LogP contribution < -0.4 is 0 Å². The summed E-state index contributed by atoms with van der Waals surface area (Å²) in [5, 5.41) is 9.59. The fourth-order valence-corrected chi connectivity index (χ4v) is 1.01. The van der Waals surface area contributed by atoms with Crippen molar-refractivity contribution >= 4 is 17.6 Å². The summed E-state index contributed by atoms with van der Waals surface area (Å²) in [7, 11) is 0. The molecule has 1 rings (SSSR count). The Morgan fingerprint density at radius 1 is 1.64 bits per heavy atom. The first-order chi connectivity index (χ1) is 6.50. The van der Waals surface area contributed by atoms with E-state index in [-0.39, 0.29) is 22.6 Å². The number of rotatable bonds is 2. The van der Waals surface area contributed by atoms with E-state index in [1.54, 1.807) is 13.8 Å². The zero-order chi connectivity index (χ0) is 10.7. The number of nitrogens with zero attached hydrogens (tertiary/aromatic N) is 1. The number of carbonyl (C=O) groups excluding carboxylic acids is 1. The van der Waals surface area contributed by atoms with Crippen molar-refractivity contribution in [3.8, 4) is 5.75 Å². The van der Waals surface area contributed by atoms with Gasteiger partial charge in [-0.15, -0.1) is 0 Å². The highest BCUT2D eigenvalue weighted by molar-refractivity contribution is 6.30. The molecule has 5 heteroatoms. The van der Waals surface area contributed by atoms with Gasteiger partial charge in [-0.1, -0.05) is 11.6 Å². The number of esters is 1. The van der Waals surface area contributed by atoms with Gasteiger partial charge in [0.2, 0.25) is 0 Å². The molecule has 76 valence electrons. The van der Waals surface area contributed by atoms with Gasteiger partial charge in [-0.05, 0) is 13.8 Å². The molecule has 1 N–H and O–H groups in total. The van der Waals surface area contributed by atoms with Gasteiger partial charge in [0, 0.05) is 12.3 Å². The Balaban J connectivity index is 2.90. The van der Waals surface area contributed by atoms with E-state index in [2.05, 4.69) is 4.98 Å². The SMILES string of the molecule is CC(C)OC(=O)c1ncc(Cl)cc1O. The van der Waals surface area contributed by atoms with Gasteiger partial charge in [0.05, 0.1) is 11.1 Å². The van der Waals surface area contributed by atoms with E-state index in [9.17, 15) is 9.90 Å². The molecule has 0 radical (unpaired) electrons. The molecule has 1 aromatic heterocycles. The zero-order valence-electron chi connectivity index (χ0n) is 7.82. The maximum Gasteiger partial charge on any atom is 0.361 e. The fourth-order valence-electron chi connectivity index (χ4n) is 0.856. The second-order valence-electron chi connectivity index (χ2n) is 2.98. The van der Waals surface area contributed by atoms with Crippen LogP contribution >= 0.6 is 11.6 Å². The van der Waals surface area contributed by atoms with Crippen molar-refractivity contribution in [1.82, 2.24) is 4.98 Å². The molecule has 0 atom stereocenters. The van der Waals surface area contributed by atoms with E-state index in [0.29, 0.717) is 0 Å². The topological polar surface area (TPSA) is 59.4 Å². The van der Waals surface area contributed by atoms with Crippen LogP contribution in [0, 0.1) is 0 Å². The molecule has 0 spiro atoms. The molecule has 0 aliphatic carbocycles. The van der Waals surface area contributed by atoms with Crippen LogP contribution in [0.1, 0.15) is 24.3 Å². The van der Waals surface area contributed by atoms with Crippen LogP contribution in [0.3, 0.4) is 0 Å². The predicted molar refractivity (Wildman–Crippen MR) is 51.5 cm³/mol. The van der Waals surface area contributed by atoms with E-state index >= 15 is 0 Å². The predicted octanol–water partition coefficient (Wildman–Crippen LogP) is 2.01. The summed E-state index contributed by atoms with van der Waals surface area (Å²) in [6.07, 6.45) is 1.03. The maximum atomic E-state index is 11.3. The molecule has 1 aromatic rings. The summed E-state index contributed by atoms with van der Waals surface area (Å²) in [4.78, 5) is 15.0. The van der Waals surface area contributed by atoms with Gasteiger partial charge < -0.3 is 9.84 Å².